The van der Waals surface area contributed by atoms with Crippen LogP contribution in [0.15, 0.2) is 0 Å². The summed E-state index contributed by atoms with van der Waals surface area (Å²) in [4.78, 5) is 2.31. The number of hydrogen-bond acceptors (Lipinski definition) is 1. The van der Waals surface area contributed by atoms with Crippen molar-refractivity contribution in [1.82, 2.24) is 4.90 Å². The molecule has 0 aliphatic rings. The van der Waals surface area contributed by atoms with Crippen LogP contribution >= 0.6 is 0 Å². The van der Waals surface area contributed by atoms with Crippen molar-refractivity contribution >= 4 is 0 Å². The molecule has 0 aliphatic heterocycles. The Hall–Kier alpha value is -0.0400. The Labute approximate surface area is 116 Å². The van der Waals surface area contributed by atoms with Crippen molar-refractivity contribution < 1.29 is 0 Å². The van der Waals surface area contributed by atoms with Crippen molar-refractivity contribution in [3.63, 3.8) is 0 Å². The molecule has 0 bridgehead atoms. The highest BCUT2D eigenvalue weighted by molar-refractivity contribution is 4.73. The first-order valence-corrected chi connectivity index (χ1v) is 8.02. The summed E-state index contributed by atoms with van der Waals surface area (Å²) < 4.78 is 0. The Balaban J connectivity index is 3.66. The van der Waals surface area contributed by atoms with Crippen LogP contribution in [0.25, 0.3) is 0 Å². The molecular weight excluding hydrogens is 218 g/mol. The van der Waals surface area contributed by atoms with E-state index in [0.29, 0.717) is 5.41 Å². The minimum atomic E-state index is 0.528. The van der Waals surface area contributed by atoms with E-state index < -0.39 is 0 Å². The van der Waals surface area contributed by atoms with Gasteiger partial charge in [0, 0.05) is 6.54 Å². The third-order valence-corrected chi connectivity index (χ3v) is 3.78. The Morgan fingerprint density at radius 2 is 1.50 bits per heavy atom. The first-order valence-electron chi connectivity index (χ1n) is 8.02. The van der Waals surface area contributed by atoms with Gasteiger partial charge in [0.1, 0.15) is 0 Å². The van der Waals surface area contributed by atoms with Gasteiger partial charge in [-0.15, -0.1) is 0 Å². The van der Waals surface area contributed by atoms with Gasteiger partial charge in [-0.2, -0.15) is 0 Å². The van der Waals surface area contributed by atoms with Gasteiger partial charge >= 0.3 is 0 Å². The second kappa shape index (κ2) is 9.83. The molecule has 18 heavy (non-hydrogen) atoms. The summed E-state index contributed by atoms with van der Waals surface area (Å²) in [5, 5.41) is 0. The first kappa shape index (κ1) is 18.0. The van der Waals surface area contributed by atoms with E-state index in [-0.39, 0.29) is 0 Å². The van der Waals surface area contributed by atoms with E-state index in [1.165, 1.54) is 57.9 Å². The standard InChI is InChI=1S/C17H37N/c1-7-8-9-10-11-12-13-17(3,4)14-16(2)15-18(5)6/h16H,7-15H2,1-6H3. The van der Waals surface area contributed by atoms with Crippen LogP contribution in [0.5, 0.6) is 0 Å². The largest absolute Gasteiger partial charge is 0.309 e. The smallest absolute Gasteiger partial charge is 0.000112 e. The Kier molecular flexibility index (Phi) is 9.81. The van der Waals surface area contributed by atoms with E-state index in [2.05, 4.69) is 46.7 Å². The van der Waals surface area contributed by atoms with Crippen molar-refractivity contribution in [3.05, 3.63) is 0 Å². The minimum Gasteiger partial charge on any atom is -0.309 e. The molecule has 0 heterocycles. The maximum absolute atomic E-state index is 2.45. The maximum atomic E-state index is 2.45. The molecule has 0 radical (unpaired) electrons. The fourth-order valence-electron chi connectivity index (χ4n) is 3.12. The molecule has 0 saturated carbocycles. The number of rotatable bonds is 11. The van der Waals surface area contributed by atoms with Gasteiger partial charge in [0.05, 0.1) is 0 Å². The third kappa shape index (κ3) is 11.1. The number of hydrogen-bond donors (Lipinski definition) is 0. The molecule has 1 heteroatoms. The van der Waals surface area contributed by atoms with Gasteiger partial charge in [0.25, 0.3) is 0 Å². The Bertz CT molecular complexity index is 184. The van der Waals surface area contributed by atoms with Gasteiger partial charge in [-0.3, -0.25) is 0 Å². The molecule has 0 spiro atoms. The lowest BCUT2D eigenvalue weighted by Gasteiger charge is -2.29. The highest BCUT2D eigenvalue weighted by atomic mass is 15.1. The molecule has 0 aromatic carbocycles. The van der Waals surface area contributed by atoms with Crippen LogP contribution < -0.4 is 0 Å². The highest BCUT2D eigenvalue weighted by Crippen LogP contribution is 2.31. The number of nitrogens with zero attached hydrogens (tertiary/aromatic N) is 1. The molecule has 0 N–H and O–H groups in total. The molecule has 1 nitrogen and oxygen atoms in total. The summed E-state index contributed by atoms with van der Waals surface area (Å²) in [7, 11) is 4.36. The summed E-state index contributed by atoms with van der Waals surface area (Å²) in [5.41, 5.74) is 0.528. The van der Waals surface area contributed by atoms with Gasteiger partial charge in [-0.25, -0.2) is 0 Å². The second-order valence-corrected chi connectivity index (χ2v) is 7.25. The normalized spacial score (nSPS) is 14.2. The van der Waals surface area contributed by atoms with Gasteiger partial charge in [-0.05, 0) is 38.3 Å². The monoisotopic (exact) mass is 255 g/mol. The zero-order chi connectivity index (χ0) is 14.0. The van der Waals surface area contributed by atoms with Crippen LogP contribution in [0.2, 0.25) is 0 Å². The van der Waals surface area contributed by atoms with Crippen molar-refractivity contribution in [2.45, 2.75) is 79.1 Å². The van der Waals surface area contributed by atoms with E-state index in [1.807, 2.05) is 0 Å². The third-order valence-electron chi connectivity index (χ3n) is 3.78. The lowest BCUT2D eigenvalue weighted by atomic mass is 9.79. The van der Waals surface area contributed by atoms with Crippen LogP contribution in [-0.2, 0) is 0 Å². The number of unbranched alkanes of at least 4 members (excludes halogenated alkanes) is 5. The molecule has 0 aliphatic carbocycles. The second-order valence-electron chi connectivity index (χ2n) is 7.25. The van der Waals surface area contributed by atoms with E-state index in [1.54, 1.807) is 0 Å². The minimum absolute atomic E-state index is 0.528. The SMILES string of the molecule is CCCCCCCCC(C)(C)CC(C)CN(C)C. The topological polar surface area (TPSA) is 3.24 Å². The van der Waals surface area contributed by atoms with Gasteiger partial charge in [-0.1, -0.05) is 66.2 Å². The van der Waals surface area contributed by atoms with E-state index in [4.69, 9.17) is 0 Å². The van der Waals surface area contributed by atoms with Gasteiger partial charge in [0.15, 0.2) is 0 Å². The van der Waals surface area contributed by atoms with Crippen molar-refractivity contribution in [3.8, 4) is 0 Å². The summed E-state index contributed by atoms with van der Waals surface area (Å²) in [6.45, 7) is 10.8. The van der Waals surface area contributed by atoms with Gasteiger partial charge < -0.3 is 4.90 Å². The lowest BCUT2D eigenvalue weighted by molar-refractivity contribution is 0.216. The van der Waals surface area contributed by atoms with Crippen LogP contribution in [0.3, 0.4) is 0 Å². The Morgan fingerprint density at radius 1 is 0.944 bits per heavy atom. The summed E-state index contributed by atoms with van der Waals surface area (Å²) in [5.74, 6) is 0.815. The molecule has 0 aromatic heterocycles. The van der Waals surface area contributed by atoms with E-state index in [0.717, 1.165) is 5.92 Å². The van der Waals surface area contributed by atoms with Crippen LogP contribution in [0.1, 0.15) is 79.1 Å². The molecule has 110 valence electrons. The molecule has 0 saturated heterocycles. The van der Waals surface area contributed by atoms with Crippen molar-refractivity contribution in [2.24, 2.45) is 11.3 Å². The zero-order valence-corrected chi connectivity index (χ0v) is 13.9. The maximum Gasteiger partial charge on any atom is 0.000112 e. The molecule has 0 amide bonds. The Morgan fingerprint density at radius 3 is 2.06 bits per heavy atom. The summed E-state index contributed by atoms with van der Waals surface area (Å²) in [6, 6.07) is 0. The highest BCUT2D eigenvalue weighted by Gasteiger charge is 2.20. The average molecular weight is 255 g/mol. The van der Waals surface area contributed by atoms with Crippen LogP contribution in [-0.4, -0.2) is 25.5 Å². The first-order chi connectivity index (χ1) is 8.37. The quantitative estimate of drug-likeness (QED) is 0.450. The summed E-state index contributed by atoms with van der Waals surface area (Å²) in [6.07, 6.45) is 11.3. The predicted molar refractivity (Wildman–Crippen MR) is 84.1 cm³/mol. The van der Waals surface area contributed by atoms with Crippen molar-refractivity contribution in [1.29, 1.82) is 0 Å². The molecule has 1 unspecified atom stereocenters. The van der Waals surface area contributed by atoms with E-state index in [9.17, 15) is 0 Å². The van der Waals surface area contributed by atoms with Crippen molar-refractivity contribution in [2.75, 3.05) is 20.6 Å². The molecule has 0 fully saturated rings. The predicted octanol–water partition coefficient (Wildman–Crippen LogP) is 5.35. The zero-order valence-electron chi connectivity index (χ0n) is 13.9. The molecule has 1 atom stereocenters. The lowest BCUT2D eigenvalue weighted by Crippen LogP contribution is -2.24. The molecule has 0 rings (SSSR count). The average Bonchev–Trinajstić information content (AvgIpc) is 2.20. The van der Waals surface area contributed by atoms with Crippen LogP contribution in [0, 0.1) is 11.3 Å². The van der Waals surface area contributed by atoms with E-state index >= 15 is 0 Å². The fraction of sp³-hybridized carbons (Fsp3) is 1.00. The molecule has 0 aromatic rings. The fourth-order valence-corrected chi connectivity index (χ4v) is 3.12. The van der Waals surface area contributed by atoms with Crippen LogP contribution in [0.4, 0.5) is 0 Å². The summed E-state index contributed by atoms with van der Waals surface area (Å²) >= 11 is 0. The molecular formula is C17H37N. The van der Waals surface area contributed by atoms with Gasteiger partial charge in [0.2, 0.25) is 0 Å².